The highest BCUT2D eigenvalue weighted by Crippen LogP contribution is 2.32. The fourth-order valence-corrected chi connectivity index (χ4v) is 3.75. The number of fused-ring (bicyclic) bond motifs is 1. The SMILES string of the molecule is C[C@](O)(CC(=O)NNC(=O)c1cc2c(s1)CCCCCC2)C(F)(F)F. The maximum atomic E-state index is 12.5. The fourth-order valence-electron chi connectivity index (χ4n) is 2.60. The Morgan fingerprint density at radius 3 is 2.44 bits per heavy atom. The number of carbonyl (C=O) groups excluding carboxylic acids is 2. The second-order valence-electron chi connectivity index (χ2n) is 6.42. The Balaban J connectivity index is 1.92. The molecule has 5 nitrogen and oxygen atoms in total. The van der Waals surface area contributed by atoms with Gasteiger partial charge in [0.15, 0.2) is 5.60 Å². The minimum Gasteiger partial charge on any atom is -0.380 e. The van der Waals surface area contributed by atoms with Gasteiger partial charge in [0.1, 0.15) is 0 Å². The van der Waals surface area contributed by atoms with Crippen molar-refractivity contribution in [3.63, 3.8) is 0 Å². The first-order valence-electron chi connectivity index (χ1n) is 8.10. The fraction of sp³-hybridized carbons (Fsp3) is 0.625. The van der Waals surface area contributed by atoms with Gasteiger partial charge in [-0.05, 0) is 44.2 Å². The summed E-state index contributed by atoms with van der Waals surface area (Å²) in [5, 5.41) is 9.27. The largest absolute Gasteiger partial charge is 0.417 e. The van der Waals surface area contributed by atoms with Crippen LogP contribution in [0.3, 0.4) is 0 Å². The van der Waals surface area contributed by atoms with E-state index in [1.54, 1.807) is 6.07 Å². The molecule has 1 aliphatic carbocycles. The molecule has 0 spiro atoms. The monoisotopic (exact) mass is 378 g/mol. The van der Waals surface area contributed by atoms with Crippen molar-refractivity contribution in [1.82, 2.24) is 10.9 Å². The molecule has 2 rings (SSSR count). The summed E-state index contributed by atoms with van der Waals surface area (Å²) >= 11 is 1.34. The van der Waals surface area contributed by atoms with E-state index in [0.717, 1.165) is 49.0 Å². The number of hydrazine groups is 1. The molecule has 0 saturated heterocycles. The van der Waals surface area contributed by atoms with E-state index in [2.05, 4.69) is 5.43 Å². The lowest BCUT2D eigenvalue weighted by Gasteiger charge is -2.25. The number of thiophene rings is 1. The molecule has 1 aromatic rings. The van der Waals surface area contributed by atoms with Crippen LogP contribution >= 0.6 is 11.3 Å². The van der Waals surface area contributed by atoms with Crippen molar-refractivity contribution in [3.05, 3.63) is 21.4 Å². The highest BCUT2D eigenvalue weighted by molar-refractivity contribution is 7.14. The van der Waals surface area contributed by atoms with Crippen LogP contribution in [0.4, 0.5) is 13.2 Å². The van der Waals surface area contributed by atoms with Crippen molar-refractivity contribution in [2.24, 2.45) is 0 Å². The molecule has 0 unspecified atom stereocenters. The number of rotatable bonds is 3. The van der Waals surface area contributed by atoms with Crippen LogP contribution in [0.1, 0.15) is 59.1 Å². The van der Waals surface area contributed by atoms with Crippen LogP contribution in [-0.4, -0.2) is 28.7 Å². The minimum atomic E-state index is -4.93. The number of hydrogen-bond donors (Lipinski definition) is 3. The van der Waals surface area contributed by atoms with Crippen molar-refractivity contribution in [2.45, 2.75) is 63.6 Å². The van der Waals surface area contributed by atoms with Gasteiger partial charge in [-0.3, -0.25) is 20.4 Å². The molecule has 0 fully saturated rings. The zero-order valence-electron chi connectivity index (χ0n) is 13.8. The summed E-state index contributed by atoms with van der Waals surface area (Å²) in [5.74, 6) is -1.69. The molecule has 1 aromatic heterocycles. The van der Waals surface area contributed by atoms with Gasteiger partial charge >= 0.3 is 6.18 Å². The normalized spacial score (nSPS) is 17.6. The molecule has 2 amide bonds. The number of aryl methyl sites for hydroxylation is 2. The molecule has 0 aliphatic heterocycles. The Hall–Kier alpha value is -1.61. The van der Waals surface area contributed by atoms with E-state index in [1.165, 1.54) is 11.3 Å². The van der Waals surface area contributed by atoms with Crippen molar-refractivity contribution >= 4 is 23.2 Å². The molecule has 1 heterocycles. The summed E-state index contributed by atoms with van der Waals surface area (Å²) in [7, 11) is 0. The summed E-state index contributed by atoms with van der Waals surface area (Å²) in [4.78, 5) is 25.2. The van der Waals surface area contributed by atoms with Crippen LogP contribution < -0.4 is 10.9 Å². The molecule has 25 heavy (non-hydrogen) atoms. The number of hydrogen-bond acceptors (Lipinski definition) is 4. The topological polar surface area (TPSA) is 78.4 Å². The van der Waals surface area contributed by atoms with Crippen LogP contribution in [0.2, 0.25) is 0 Å². The Labute approximate surface area is 147 Å². The number of carbonyl (C=O) groups is 2. The van der Waals surface area contributed by atoms with Crippen LogP contribution in [0.25, 0.3) is 0 Å². The zero-order chi connectivity index (χ0) is 18.7. The van der Waals surface area contributed by atoms with Gasteiger partial charge < -0.3 is 5.11 Å². The Morgan fingerprint density at radius 1 is 1.16 bits per heavy atom. The molecule has 0 bridgehead atoms. The Morgan fingerprint density at radius 2 is 1.80 bits per heavy atom. The van der Waals surface area contributed by atoms with Crippen molar-refractivity contribution in [3.8, 4) is 0 Å². The van der Waals surface area contributed by atoms with Gasteiger partial charge in [0.05, 0.1) is 11.3 Å². The van der Waals surface area contributed by atoms with E-state index in [4.69, 9.17) is 0 Å². The maximum absolute atomic E-state index is 12.5. The lowest BCUT2D eigenvalue weighted by atomic mass is 10.00. The number of amides is 2. The Kier molecular flexibility index (Phi) is 6.10. The summed E-state index contributed by atoms with van der Waals surface area (Å²) in [6, 6.07) is 1.78. The average molecular weight is 378 g/mol. The summed E-state index contributed by atoms with van der Waals surface area (Å²) in [6.07, 6.45) is 0.135. The third-order valence-corrected chi connectivity index (χ3v) is 5.39. The van der Waals surface area contributed by atoms with E-state index >= 15 is 0 Å². The van der Waals surface area contributed by atoms with Crippen molar-refractivity contribution in [1.29, 1.82) is 0 Å². The number of nitrogens with one attached hydrogen (secondary N) is 2. The van der Waals surface area contributed by atoms with Gasteiger partial charge in [0.2, 0.25) is 5.91 Å². The van der Waals surface area contributed by atoms with Crippen molar-refractivity contribution in [2.75, 3.05) is 0 Å². The molecule has 0 saturated carbocycles. The predicted molar refractivity (Wildman–Crippen MR) is 87.1 cm³/mol. The number of aliphatic hydroxyl groups is 1. The van der Waals surface area contributed by atoms with Crippen LogP contribution in [0, 0.1) is 0 Å². The first kappa shape index (κ1) is 19.7. The van der Waals surface area contributed by atoms with E-state index in [-0.39, 0.29) is 0 Å². The third-order valence-electron chi connectivity index (χ3n) is 4.15. The average Bonchev–Trinajstić information content (AvgIpc) is 2.85. The van der Waals surface area contributed by atoms with Crippen LogP contribution in [0.5, 0.6) is 0 Å². The van der Waals surface area contributed by atoms with Gasteiger partial charge in [-0.25, -0.2) is 0 Å². The van der Waals surface area contributed by atoms with E-state index in [9.17, 15) is 27.9 Å². The molecule has 9 heteroatoms. The molecule has 0 aromatic carbocycles. The molecule has 3 N–H and O–H groups in total. The van der Waals surface area contributed by atoms with E-state index in [0.29, 0.717) is 11.8 Å². The summed E-state index contributed by atoms with van der Waals surface area (Å²) in [5.41, 5.74) is 2.00. The second-order valence-corrected chi connectivity index (χ2v) is 7.56. The minimum absolute atomic E-state index is 0.412. The third kappa shape index (κ3) is 5.18. The molecule has 1 aliphatic rings. The quantitative estimate of drug-likeness (QED) is 0.708. The molecule has 140 valence electrons. The standard InChI is InChI=1S/C16H21F3N2O3S/c1-15(24,16(17,18)19)9-13(22)20-21-14(23)12-8-10-6-4-2-3-5-7-11(10)25-12/h8,24H,2-7,9H2,1H3,(H,20,22)(H,21,23)/t15-/m0/s1. The molecule has 1 atom stereocenters. The number of alkyl halides is 3. The molecular formula is C16H21F3N2O3S. The van der Waals surface area contributed by atoms with E-state index < -0.39 is 30.0 Å². The van der Waals surface area contributed by atoms with Crippen molar-refractivity contribution < 1.29 is 27.9 Å². The molecular weight excluding hydrogens is 357 g/mol. The lowest BCUT2D eigenvalue weighted by molar-refractivity contribution is -0.253. The zero-order valence-corrected chi connectivity index (χ0v) is 14.6. The highest BCUT2D eigenvalue weighted by Gasteiger charge is 2.51. The Bertz CT molecular complexity index is 616. The highest BCUT2D eigenvalue weighted by atomic mass is 32.1. The number of halogens is 3. The molecule has 0 radical (unpaired) electrons. The smallest absolute Gasteiger partial charge is 0.380 e. The predicted octanol–water partition coefficient (Wildman–Crippen LogP) is 2.87. The van der Waals surface area contributed by atoms with Gasteiger partial charge in [-0.2, -0.15) is 13.2 Å². The van der Waals surface area contributed by atoms with Crippen LogP contribution in [0.15, 0.2) is 6.07 Å². The van der Waals surface area contributed by atoms with E-state index in [1.807, 2.05) is 5.43 Å². The summed E-state index contributed by atoms with van der Waals surface area (Å²) < 4.78 is 37.6. The van der Waals surface area contributed by atoms with Crippen LogP contribution in [-0.2, 0) is 17.6 Å². The van der Waals surface area contributed by atoms with Gasteiger partial charge in [0, 0.05) is 4.88 Å². The summed E-state index contributed by atoms with van der Waals surface area (Å²) in [6.45, 7) is 0.508. The lowest BCUT2D eigenvalue weighted by Crippen LogP contribution is -2.49. The second kappa shape index (κ2) is 7.74. The van der Waals surface area contributed by atoms with Gasteiger partial charge in [-0.1, -0.05) is 12.8 Å². The van der Waals surface area contributed by atoms with Gasteiger partial charge in [-0.15, -0.1) is 11.3 Å². The maximum Gasteiger partial charge on any atom is 0.417 e. The first-order chi connectivity index (χ1) is 11.6. The van der Waals surface area contributed by atoms with Gasteiger partial charge in [0.25, 0.3) is 5.91 Å². The first-order valence-corrected chi connectivity index (χ1v) is 8.92.